The SMILES string of the molecule is CC(=O)Oc1cccc(C)c1CCC(=O)F. The molecular formula is C12H13FO3. The summed E-state index contributed by atoms with van der Waals surface area (Å²) in [5, 5.41) is 0. The van der Waals surface area contributed by atoms with Crippen LogP contribution in [0.1, 0.15) is 24.5 Å². The molecule has 1 rings (SSSR count). The molecule has 0 saturated heterocycles. The Kier molecular flexibility index (Phi) is 4.17. The van der Waals surface area contributed by atoms with Gasteiger partial charge in [-0.1, -0.05) is 12.1 Å². The molecule has 0 bridgehead atoms. The highest BCUT2D eigenvalue weighted by molar-refractivity contribution is 5.71. The Bertz CT molecular complexity index is 413. The molecule has 86 valence electrons. The van der Waals surface area contributed by atoms with Crippen LogP contribution in [0.3, 0.4) is 0 Å². The Labute approximate surface area is 93.2 Å². The molecule has 0 aliphatic heterocycles. The largest absolute Gasteiger partial charge is 0.426 e. The van der Waals surface area contributed by atoms with Crippen LogP contribution in [0.4, 0.5) is 4.39 Å². The van der Waals surface area contributed by atoms with Crippen LogP contribution < -0.4 is 4.74 Å². The number of hydrogen-bond acceptors (Lipinski definition) is 3. The minimum Gasteiger partial charge on any atom is -0.426 e. The topological polar surface area (TPSA) is 43.4 Å². The molecule has 1 aromatic carbocycles. The number of benzene rings is 1. The van der Waals surface area contributed by atoms with E-state index in [9.17, 15) is 14.0 Å². The number of ether oxygens (including phenoxy) is 1. The molecule has 1 aromatic rings. The molecule has 0 amide bonds. The van der Waals surface area contributed by atoms with Crippen molar-refractivity contribution in [3.63, 3.8) is 0 Å². The van der Waals surface area contributed by atoms with Crippen LogP contribution >= 0.6 is 0 Å². The molecule has 0 aliphatic carbocycles. The Hall–Kier alpha value is -1.71. The summed E-state index contributed by atoms with van der Waals surface area (Å²) in [4.78, 5) is 21.1. The highest BCUT2D eigenvalue weighted by Crippen LogP contribution is 2.23. The fraction of sp³-hybridized carbons (Fsp3) is 0.333. The molecule has 0 radical (unpaired) electrons. The van der Waals surface area contributed by atoms with Gasteiger partial charge in [0.05, 0.1) is 0 Å². The number of carbonyl (C=O) groups excluding carboxylic acids is 2. The van der Waals surface area contributed by atoms with Gasteiger partial charge in [0.15, 0.2) is 0 Å². The van der Waals surface area contributed by atoms with Gasteiger partial charge in [0.25, 0.3) is 0 Å². The van der Waals surface area contributed by atoms with Crippen molar-refractivity contribution in [2.45, 2.75) is 26.7 Å². The van der Waals surface area contributed by atoms with E-state index in [0.29, 0.717) is 11.3 Å². The maximum atomic E-state index is 12.2. The molecule has 0 spiro atoms. The molecule has 0 fully saturated rings. The zero-order valence-electron chi connectivity index (χ0n) is 9.25. The number of hydrogen-bond donors (Lipinski definition) is 0. The lowest BCUT2D eigenvalue weighted by Crippen LogP contribution is -2.06. The van der Waals surface area contributed by atoms with E-state index in [2.05, 4.69) is 0 Å². The second kappa shape index (κ2) is 5.39. The maximum absolute atomic E-state index is 12.2. The summed E-state index contributed by atoms with van der Waals surface area (Å²) in [5.41, 5.74) is 1.57. The van der Waals surface area contributed by atoms with Crippen molar-refractivity contribution >= 4 is 12.0 Å². The van der Waals surface area contributed by atoms with E-state index in [1.807, 2.05) is 13.0 Å². The molecule has 3 nitrogen and oxygen atoms in total. The summed E-state index contributed by atoms with van der Waals surface area (Å²) in [5.74, 6) is -0.0350. The lowest BCUT2D eigenvalue weighted by Gasteiger charge is -2.10. The molecule has 0 aliphatic rings. The Morgan fingerprint density at radius 3 is 2.62 bits per heavy atom. The number of esters is 1. The van der Waals surface area contributed by atoms with E-state index < -0.39 is 12.0 Å². The van der Waals surface area contributed by atoms with Gasteiger partial charge in [-0.25, -0.2) is 0 Å². The minimum atomic E-state index is -1.36. The van der Waals surface area contributed by atoms with E-state index in [4.69, 9.17) is 4.74 Å². The van der Waals surface area contributed by atoms with E-state index in [1.54, 1.807) is 12.1 Å². The Morgan fingerprint density at radius 1 is 1.38 bits per heavy atom. The highest BCUT2D eigenvalue weighted by Gasteiger charge is 2.10. The fourth-order valence-electron chi connectivity index (χ4n) is 1.47. The normalized spacial score (nSPS) is 9.94. The Morgan fingerprint density at radius 2 is 2.06 bits per heavy atom. The van der Waals surface area contributed by atoms with Gasteiger partial charge in [0, 0.05) is 13.3 Å². The van der Waals surface area contributed by atoms with Gasteiger partial charge < -0.3 is 4.74 Å². The number of rotatable bonds is 4. The summed E-state index contributed by atoms with van der Waals surface area (Å²) in [6, 6.07) is 3.84. The summed E-state index contributed by atoms with van der Waals surface area (Å²) in [7, 11) is 0. The average Bonchev–Trinajstić information content (AvgIpc) is 2.15. The fourth-order valence-corrected chi connectivity index (χ4v) is 1.47. The lowest BCUT2D eigenvalue weighted by molar-refractivity contribution is -0.132. The van der Waals surface area contributed by atoms with Gasteiger partial charge in [-0.3, -0.25) is 9.59 Å². The minimum absolute atomic E-state index is 0.195. The van der Waals surface area contributed by atoms with Crippen LogP contribution in [-0.4, -0.2) is 12.0 Å². The third-order valence-electron chi connectivity index (χ3n) is 2.19. The van der Waals surface area contributed by atoms with E-state index in [1.165, 1.54) is 6.92 Å². The molecule has 4 heteroatoms. The number of halogens is 1. The first kappa shape index (κ1) is 12.4. The highest BCUT2D eigenvalue weighted by atomic mass is 19.1. The third-order valence-corrected chi connectivity index (χ3v) is 2.19. The van der Waals surface area contributed by atoms with E-state index >= 15 is 0 Å². The molecule has 0 saturated carbocycles. The maximum Gasteiger partial charge on any atom is 0.308 e. The van der Waals surface area contributed by atoms with Gasteiger partial charge >= 0.3 is 12.0 Å². The molecule has 0 unspecified atom stereocenters. The first-order valence-corrected chi connectivity index (χ1v) is 4.96. The van der Waals surface area contributed by atoms with Crippen molar-refractivity contribution in [1.82, 2.24) is 0 Å². The van der Waals surface area contributed by atoms with Crippen LogP contribution in [0.5, 0.6) is 5.75 Å². The molecule has 16 heavy (non-hydrogen) atoms. The van der Waals surface area contributed by atoms with Crippen LogP contribution in [-0.2, 0) is 16.0 Å². The smallest absolute Gasteiger partial charge is 0.308 e. The molecule has 0 atom stereocenters. The van der Waals surface area contributed by atoms with Gasteiger partial charge in [0.1, 0.15) is 5.75 Å². The molecule has 0 N–H and O–H groups in total. The standard InChI is InChI=1S/C12H13FO3/c1-8-4-3-5-11(16-9(2)14)10(8)6-7-12(13)15/h3-5H,6-7H2,1-2H3. The zero-order valence-corrected chi connectivity index (χ0v) is 9.25. The second-order valence-corrected chi connectivity index (χ2v) is 3.50. The monoisotopic (exact) mass is 224 g/mol. The number of carbonyl (C=O) groups is 2. The average molecular weight is 224 g/mol. The van der Waals surface area contributed by atoms with Crippen molar-refractivity contribution in [3.8, 4) is 5.75 Å². The second-order valence-electron chi connectivity index (χ2n) is 3.50. The van der Waals surface area contributed by atoms with Crippen LogP contribution in [0, 0.1) is 6.92 Å². The summed E-state index contributed by atoms with van der Waals surface area (Å²) >= 11 is 0. The van der Waals surface area contributed by atoms with Crippen LogP contribution in [0.2, 0.25) is 0 Å². The molecular weight excluding hydrogens is 211 g/mol. The van der Waals surface area contributed by atoms with Crippen molar-refractivity contribution < 1.29 is 18.7 Å². The zero-order chi connectivity index (χ0) is 12.1. The predicted octanol–water partition coefficient (Wildman–Crippen LogP) is 2.35. The summed E-state index contributed by atoms with van der Waals surface area (Å²) < 4.78 is 17.2. The summed E-state index contributed by atoms with van der Waals surface area (Å²) in [6.45, 7) is 3.12. The van der Waals surface area contributed by atoms with E-state index in [-0.39, 0.29) is 12.8 Å². The number of aryl methyl sites for hydroxylation is 1. The first-order chi connectivity index (χ1) is 7.50. The van der Waals surface area contributed by atoms with Crippen LogP contribution in [0.15, 0.2) is 18.2 Å². The molecule has 0 aromatic heterocycles. The van der Waals surface area contributed by atoms with Gasteiger partial charge in [0.2, 0.25) is 0 Å². The molecule has 0 heterocycles. The van der Waals surface area contributed by atoms with Crippen molar-refractivity contribution in [2.24, 2.45) is 0 Å². The van der Waals surface area contributed by atoms with Crippen LogP contribution in [0.25, 0.3) is 0 Å². The van der Waals surface area contributed by atoms with Crippen molar-refractivity contribution in [3.05, 3.63) is 29.3 Å². The van der Waals surface area contributed by atoms with E-state index in [0.717, 1.165) is 5.56 Å². The predicted molar refractivity (Wildman–Crippen MR) is 56.9 cm³/mol. The Balaban J connectivity index is 2.93. The first-order valence-electron chi connectivity index (χ1n) is 4.96. The van der Waals surface area contributed by atoms with Gasteiger partial charge in [-0.05, 0) is 30.5 Å². The lowest BCUT2D eigenvalue weighted by atomic mass is 10.0. The van der Waals surface area contributed by atoms with Crippen molar-refractivity contribution in [1.29, 1.82) is 0 Å². The van der Waals surface area contributed by atoms with Crippen molar-refractivity contribution in [2.75, 3.05) is 0 Å². The quantitative estimate of drug-likeness (QED) is 0.448. The van der Waals surface area contributed by atoms with Gasteiger partial charge in [-0.2, -0.15) is 4.39 Å². The summed E-state index contributed by atoms with van der Waals surface area (Å²) in [6.07, 6.45) is 0.0454. The van der Waals surface area contributed by atoms with Gasteiger partial charge in [-0.15, -0.1) is 0 Å². The third kappa shape index (κ3) is 3.46.